The number of esters is 1. The van der Waals surface area contributed by atoms with Gasteiger partial charge in [0.2, 0.25) is 0 Å². The highest BCUT2D eigenvalue weighted by atomic mass is 16.5. The number of carbonyl (C=O) groups is 3. The van der Waals surface area contributed by atoms with E-state index in [9.17, 15) is 29.7 Å². The van der Waals surface area contributed by atoms with Crippen LogP contribution < -0.4 is 0 Å². The minimum absolute atomic E-state index is 0.0627. The smallest absolute Gasteiger partial charge is 0.302 e. The van der Waals surface area contributed by atoms with Gasteiger partial charge in [0.05, 0.1) is 29.6 Å². The van der Waals surface area contributed by atoms with Gasteiger partial charge in [0.15, 0.2) is 0 Å². The van der Waals surface area contributed by atoms with Crippen molar-refractivity contribution in [2.45, 2.75) is 78.3 Å². The van der Waals surface area contributed by atoms with Crippen molar-refractivity contribution in [1.82, 2.24) is 0 Å². The molecule has 4 rings (SSSR count). The summed E-state index contributed by atoms with van der Waals surface area (Å²) in [7, 11) is 0. The molecule has 4 aliphatic rings. The molecule has 2 bridgehead atoms. The highest BCUT2D eigenvalue weighted by molar-refractivity contribution is 6.01. The van der Waals surface area contributed by atoms with Crippen molar-refractivity contribution in [3.05, 3.63) is 0 Å². The Bertz CT molecular complexity index is 775. The molecule has 1 spiro atoms. The van der Waals surface area contributed by atoms with Crippen LogP contribution in [0.15, 0.2) is 0 Å². The van der Waals surface area contributed by atoms with E-state index < -0.39 is 64.4 Å². The number of hydrogen-bond acceptors (Lipinski definition) is 7. The molecule has 0 aromatic carbocycles. The largest absolute Gasteiger partial charge is 0.462 e. The molecule has 0 aliphatic heterocycles. The summed E-state index contributed by atoms with van der Waals surface area (Å²) in [6.45, 7) is 8.76. The molecule has 4 aliphatic carbocycles. The summed E-state index contributed by atoms with van der Waals surface area (Å²) in [6.07, 6.45) is -3.36. The van der Waals surface area contributed by atoms with Crippen LogP contribution in [0.25, 0.3) is 0 Å². The predicted molar refractivity (Wildman–Crippen MR) is 101 cm³/mol. The number of rotatable bonds is 1. The molecule has 4 saturated carbocycles. The first kappa shape index (κ1) is 20.9. The maximum atomic E-state index is 13.4. The highest BCUT2D eigenvalue weighted by Crippen LogP contribution is 2.70. The fourth-order valence-corrected chi connectivity index (χ4v) is 7.81. The first-order valence-electron chi connectivity index (χ1n) is 10.6. The van der Waals surface area contributed by atoms with Crippen LogP contribution in [0.5, 0.6) is 0 Å². The van der Waals surface area contributed by atoms with Gasteiger partial charge in [0.25, 0.3) is 0 Å². The van der Waals surface area contributed by atoms with Crippen molar-refractivity contribution in [3.63, 3.8) is 0 Å². The van der Waals surface area contributed by atoms with Gasteiger partial charge in [-0.15, -0.1) is 0 Å². The van der Waals surface area contributed by atoms with Crippen LogP contribution in [0.1, 0.15) is 53.9 Å². The van der Waals surface area contributed by atoms with Gasteiger partial charge < -0.3 is 20.1 Å². The number of hydrogen-bond donors (Lipinski definition) is 3. The Morgan fingerprint density at radius 2 is 1.66 bits per heavy atom. The predicted octanol–water partition coefficient (Wildman–Crippen LogP) is 0.867. The van der Waals surface area contributed by atoms with E-state index in [2.05, 4.69) is 0 Å². The molecule has 10 atom stereocenters. The number of fused-ring (bicyclic) bond motifs is 3. The van der Waals surface area contributed by atoms with Gasteiger partial charge in [-0.1, -0.05) is 27.7 Å². The molecule has 7 nitrogen and oxygen atoms in total. The zero-order chi connectivity index (χ0) is 21.7. The molecule has 7 heteroatoms. The molecule has 29 heavy (non-hydrogen) atoms. The zero-order valence-electron chi connectivity index (χ0n) is 17.7. The summed E-state index contributed by atoms with van der Waals surface area (Å²) < 4.78 is 5.52. The van der Waals surface area contributed by atoms with Crippen LogP contribution in [-0.4, -0.2) is 57.3 Å². The van der Waals surface area contributed by atoms with Crippen molar-refractivity contribution in [3.8, 4) is 0 Å². The van der Waals surface area contributed by atoms with Crippen LogP contribution in [-0.2, 0) is 19.1 Å². The number of aliphatic hydroxyl groups is 3. The van der Waals surface area contributed by atoms with E-state index >= 15 is 0 Å². The molecule has 0 saturated heterocycles. The molecule has 0 heterocycles. The van der Waals surface area contributed by atoms with Gasteiger partial charge in [-0.05, 0) is 18.3 Å². The Morgan fingerprint density at radius 1 is 1.03 bits per heavy atom. The third-order valence-corrected chi connectivity index (χ3v) is 9.27. The van der Waals surface area contributed by atoms with Crippen molar-refractivity contribution in [1.29, 1.82) is 0 Å². The van der Waals surface area contributed by atoms with Crippen LogP contribution in [0.2, 0.25) is 0 Å². The molecule has 4 fully saturated rings. The molecule has 10 unspecified atom stereocenters. The second kappa shape index (κ2) is 6.11. The minimum Gasteiger partial charge on any atom is -0.462 e. The minimum atomic E-state index is -1.42. The van der Waals surface area contributed by atoms with Crippen molar-refractivity contribution in [2.75, 3.05) is 0 Å². The summed E-state index contributed by atoms with van der Waals surface area (Å²) in [5.74, 6) is -3.24. The molecule has 162 valence electrons. The topological polar surface area (TPSA) is 121 Å². The number of ketones is 2. The Labute approximate surface area is 170 Å². The van der Waals surface area contributed by atoms with E-state index in [4.69, 9.17) is 4.74 Å². The van der Waals surface area contributed by atoms with E-state index in [-0.39, 0.29) is 36.7 Å². The number of Topliss-reactive ketones (excluding diaryl/α,β-unsaturated/α-hetero) is 2. The van der Waals surface area contributed by atoms with E-state index in [1.807, 2.05) is 20.8 Å². The van der Waals surface area contributed by atoms with Gasteiger partial charge in [-0.2, -0.15) is 0 Å². The standard InChI is InChI=1S/C22H32O7/c1-9-17-11(24)6-13-21(5)12(7-15(26)22(13,18(9)27)19(17)28)20(3,4)16(8-14(21)25)29-10(2)23/h9,12-17,19,25-26,28H,6-8H2,1-5H3. The number of aliphatic hydroxyl groups excluding tert-OH is 3. The molecule has 0 radical (unpaired) electrons. The lowest BCUT2D eigenvalue weighted by molar-refractivity contribution is -0.266. The van der Waals surface area contributed by atoms with E-state index in [1.165, 1.54) is 6.92 Å². The number of ether oxygens (including phenoxy) is 1. The SMILES string of the molecule is CC(=O)OC1CC(O)C2(C)C(CC(O)C34C(=O)C(C)C(C(=O)CC23)C4O)C1(C)C. The fourth-order valence-electron chi connectivity index (χ4n) is 7.81. The Hall–Kier alpha value is -1.31. The lowest BCUT2D eigenvalue weighted by Gasteiger charge is -2.67. The Balaban J connectivity index is 1.86. The quantitative estimate of drug-likeness (QED) is 0.550. The summed E-state index contributed by atoms with van der Waals surface area (Å²) in [5, 5.41) is 33.7. The third-order valence-electron chi connectivity index (χ3n) is 9.27. The second-order valence-electron chi connectivity index (χ2n) is 10.6. The normalized spacial score (nSPS) is 53.2. The molecule has 0 aromatic heterocycles. The van der Waals surface area contributed by atoms with Gasteiger partial charge in [0, 0.05) is 36.5 Å². The van der Waals surface area contributed by atoms with Crippen LogP contribution >= 0.6 is 0 Å². The molecule has 3 N–H and O–H groups in total. The van der Waals surface area contributed by atoms with Crippen LogP contribution in [0, 0.1) is 39.9 Å². The molecule has 0 amide bonds. The molecular formula is C22H32O7. The van der Waals surface area contributed by atoms with Gasteiger partial charge in [-0.25, -0.2) is 0 Å². The lowest BCUT2D eigenvalue weighted by Crippen LogP contribution is -2.72. The number of carbonyl (C=O) groups excluding carboxylic acids is 3. The first-order valence-corrected chi connectivity index (χ1v) is 10.6. The Kier molecular flexibility index (Phi) is 4.41. The third kappa shape index (κ3) is 2.27. The maximum Gasteiger partial charge on any atom is 0.302 e. The molecule has 0 aromatic rings. The average molecular weight is 408 g/mol. The summed E-state index contributed by atoms with van der Waals surface area (Å²) in [4.78, 5) is 37.9. The van der Waals surface area contributed by atoms with Gasteiger partial charge in [-0.3, -0.25) is 14.4 Å². The van der Waals surface area contributed by atoms with Gasteiger partial charge >= 0.3 is 5.97 Å². The average Bonchev–Trinajstić information content (AvgIpc) is 2.74. The van der Waals surface area contributed by atoms with Gasteiger partial charge in [0.1, 0.15) is 17.7 Å². The lowest BCUT2D eigenvalue weighted by atomic mass is 9.38. The van der Waals surface area contributed by atoms with Crippen LogP contribution in [0.3, 0.4) is 0 Å². The fraction of sp³-hybridized carbons (Fsp3) is 0.864. The second-order valence-corrected chi connectivity index (χ2v) is 10.6. The summed E-state index contributed by atoms with van der Waals surface area (Å²) in [5.41, 5.74) is -2.88. The summed E-state index contributed by atoms with van der Waals surface area (Å²) >= 11 is 0. The van der Waals surface area contributed by atoms with E-state index in [0.29, 0.717) is 0 Å². The maximum absolute atomic E-state index is 13.4. The van der Waals surface area contributed by atoms with Crippen molar-refractivity contribution >= 4 is 17.5 Å². The molecular weight excluding hydrogens is 376 g/mol. The van der Waals surface area contributed by atoms with E-state index in [0.717, 1.165) is 0 Å². The zero-order valence-corrected chi connectivity index (χ0v) is 17.7. The highest BCUT2D eigenvalue weighted by Gasteiger charge is 2.78. The first-order chi connectivity index (χ1) is 13.3. The Morgan fingerprint density at radius 3 is 2.24 bits per heavy atom. The van der Waals surface area contributed by atoms with Crippen LogP contribution in [0.4, 0.5) is 0 Å². The van der Waals surface area contributed by atoms with Crippen molar-refractivity contribution in [2.24, 2.45) is 39.9 Å². The van der Waals surface area contributed by atoms with Crippen molar-refractivity contribution < 1.29 is 34.4 Å². The monoisotopic (exact) mass is 408 g/mol. The van der Waals surface area contributed by atoms with E-state index in [1.54, 1.807) is 6.92 Å². The summed E-state index contributed by atoms with van der Waals surface area (Å²) in [6, 6.07) is 0.